The fourth-order valence-corrected chi connectivity index (χ4v) is 5.09. The Morgan fingerprint density at radius 1 is 1.11 bits per heavy atom. The summed E-state index contributed by atoms with van der Waals surface area (Å²) in [5, 5.41) is 13.8. The van der Waals surface area contributed by atoms with Crippen LogP contribution in [0.4, 0.5) is 11.4 Å². The molecule has 0 bridgehead atoms. The predicted molar refractivity (Wildman–Crippen MR) is 135 cm³/mol. The van der Waals surface area contributed by atoms with Crippen LogP contribution >= 0.6 is 11.3 Å². The second kappa shape index (κ2) is 9.23. The Balaban J connectivity index is 1.63. The van der Waals surface area contributed by atoms with Crippen LogP contribution in [0, 0.1) is 17.0 Å². The highest BCUT2D eigenvalue weighted by Crippen LogP contribution is 2.31. The van der Waals surface area contributed by atoms with Crippen molar-refractivity contribution in [1.29, 1.82) is 0 Å². The molecule has 0 spiro atoms. The maximum absolute atomic E-state index is 13.6. The van der Waals surface area contributed by atoms with Gasteiger partial charge in [0.25, 0.3) is 17.2 Å². The van der Waals surface area contributed by atoms with E-state index < -0.39 is 11.0 Å². The molecule has 9 nitrogen and oxygen atoms in total. The van der Waals surface area contributed by atoms with E-state index >= 15 is 0 Å². The Labute approximate surface area is 208 Å². The van der Waals surface area contributed by atoms with Crippen LogP contribution < -0.4 is 20.2 Å². The molecule has 36 heavy (non-hydrogen) atoms. The van der Waals surface area contributed by atoms with E-state index in [1.165, 1.54) is 28.0 Å². The number of furan rings is 1. The number of carbonyl (C=O) groups is 1. The number of nitrogens with one attached hydrogen (secondary N) is 1. The number of nitro groups is 1. The van der Waals surface area contributed by atoms with Gasteiger partial charge in [-0.05, 0) is 61.9 Å². The molecule has 0 saturated heterocycles. The summed E-state index contributed by atoms with van der Waals surface area (Å²) in [6.07, 6.45) is 1.65. The molecule has 0 radical (unpaired) electrons. The molecule has 4 aromatic rings. The highest BCUT2D eigenvalue weighted by molar-refractivity contribution is 7.07. The number of carbonyl (C=O) groups excluding carboxylic acids is 1. The van der Waals surface area contributed by atoms with Crippen molar-refractivity contribution in [2.75, 3.05) is 5.32 Å². The lowest BCUT2D eigenvalue weighted by Crippen LogP contribution is -2.40. The lowest BCUT2D eigenvalue weighted by atomic mass is 10.00. The number of amides is 1. The lowest BCUT2D eigenvalue weighted by Gasteiger charge is -2.23. The van der Waals surface area contributed by atoms with Crippen molar-refractivity contribution in [1.82, 2.24) is 4.57 Å². The molecule has 2 aromatic carbocycles. The second-order valence-corrected chi connectivity index (χ2v) is 9.21. The number of benzene rings is 2. The Bertz CT molecular complexity index is 1700. The Morgan fingerprint density at radius 2 is 1.83 bits per heavy atom. The molecular weight excluding hydrogens is 480 g/mol. The third-order valence-electron chi connectivity index (χ3n) is 5.73. The van der Waals surface area contributed by atoms with Crippen molar-refractivity contribution in [3.05, 3.63) is 125 Å². The summed E-state index contributed by atoms with van der Waals surface area (Å²) in [6.45, 7) is 3.53. The minimum absolute atomic E-state index is 0.0357. The molecule has 1 atom stereocenters. The summed E-state index contributed by atoms with van der Waals surface area (Å²) in [5.74, 6) is 0.713. The first-order valence-corrected chi connectivity index (χ1v) is 11.8. The van der Waals surface area contributed by atoms with E-state index in [0.29, 0.717) is 43.4 Å². The normalized spacial score (nSPS) is 15.4. The van der Waals surface area contributed by atoms with Crippen LogP contribution in [-0.2, 0) is 4.79 Å². The predicted octanol–water partition coefficient (Wildman–Crippen LogP) is 3.68. The van der Waals surface area contributed by atoms with Gasteiger partial charge in [-0.25, -0.2) is 4.99 Å². The van der Waals surface area contributed by atoms with Crippen LogP contribution in [-0.4, -0.2) is 15.4 Å². The number of thiazole rings is 1. The average Bonchev–Trinajstić information content (AvgIpc) is 3.42. The van der Waals surface area contributed by atoms with Gasteiger partial charge in [-0.15, -0.1) is 0 Å². The Kier molecular flexibility index (Phi) is 5.95. The Hall–Kier alpha value is -4.57. The first kappa shape index (κ1) is 23.2. The quantitative estimate of drug-likeness (QED) is 0.331. The van der Waals surface area contributed by atoms with Crippen molar-refractivity contribution < 1.29 is 14.1 Å². The number of para-hydroxylation sites is 1. The molecule has 10 heteroatoms. The van der Waals surface area contributed by atoms with E-state index in [1.54, 1.807) is 56.3 Å². The van der Waals surface area contributed by atoms with Crippen LogP contribution in [0.15, 0.2) is 92.2 Å². The highest BCUT2D eigenvalue weighted by atomic mass is 32.1. The smallest absolute Gasteiger partial charge is 0.271 e. The SMILES string of the molecule is CC1=C(C(=O)Nc2ccccc2)C(c2ccc(C)o2)n2c(s/c(=C\c3ccc([N+](=O)[O-])cc3)c2=O)=N1. The molecule has 180 valence electrons. The molecule has 0 fully saturated rings. The molecule has 3 heterocycles. The summed E-state index contributed by atoms with van der Waals surface area (Å²) in [6, 6.07) is 17.7. The van der Waals surface area contributed by atoms with Gasteiger partial charge in [0.1, 0.15) is 17.6 Å². The van der Waals surface area contributed by atoms with Gasteiger partial charge in [0.2, 0.25) is 0 Å². The zero-order valence-corrected chi connectivity index (χ0v) is 20.1. The molecule has 0 saturated carbocycles. The van der Waals surface area contributed by atoms with Crippen molar-refractivity contribution in [2.45, 2.75) is 19.9 Å². The highest BCUT2D eigenvalue weighted by Gasteiger charge is 2.34. The van der Waals surface area contributed by atoms with Crippen LogP contribution in [0.25, 0.3) is 6.08 Å². The topological polar surface area (TPSA) is 120 Å². The summed E-state index contributed by atoms with van der Waals surface area (Å²) < 4.78 is 7.74. The first-order valence-electron chi connectivity index (χ1n) is 11.0. The van der Waals surface area contributed by atoms with Crippen LogP contribution in [0.5, 0.6) is 0 Å². The van der Waals surface area contributed by atoms with E-state index in [1.807, 2.05) is 18.2 Å². The van der Waals surface area contributed by atoms with Crippen molar-refractivity contribution in [2.24, 2.45) is 4.99 Å². The summed E-state index contributed by atoms with van der Waals surface area (Å²) in [7, 11) is 0. The number of allylic oxidation sites excluding steroid dienone is 1. The first-order chi connectivity index (χ1) is 17.3. The summed E-state index contributed by atoms with van der Waals surface area (Å²) in [4.78, 5) is 42.5. The molecule has 1 unspecified atom stereocenters. The van der Waals surface area contributed by atoms with E-state index in [-0.39, 0.29) is 17.2 Å². The zero-order chi connectivity index (χ0) is 25.4. The third-order valence-corrected chi connectivity index (χ3v) is 6.71. The number of anilines is 1. The van der Waals surface area contributed by atoms with Gasteiger partial charge in [0, 0.05) is 17.8 Å². The minimum Gasteiger partial charge on any atom is -0.464 e. The molecule has 1 N–H and O–H groups in total. The molecular formula is C26H20N4O5S. The van der Waals surface area contributed by atoms with Gasteiger partial charge in [-0.2, -0.15) is 0 Å². The number of aryl methyl sites for hydroxylation is 1. The molecule has 1 amide bonds. The number of fused-ring (bicyclic) bond motifs is 1. The number of aromatic nitrogens is 1. The fraction of sp³-hybridized carbons (Fsp3) is 0.115. The average molecular weight is 501 g/mol. The van der Waals surface area contributed by atoms with Crippen LogP contribution in [0.2, 0.25) is 0 Å². The third kappa shape index (κ3) is 4.29. The number of non-ortho nitro benzene ring substituents is 1. The number of nitrogens with zero attached hydrogens (tertiary/aromatic N) is 3. The number of rotatable bonds is 5. The van der Waals surface area contributed by atoms with Crippen molar-refractivity contribution in [3.8, 4) is 0 Å². The molecule has 1 aliphatic rings. The Morgan fingerprint density at radius 3 is 2.47 bits per heavy atom. The van der Waals surface area contributed by atoms with E-state index in [0.717, 1.165) is 0 Å². The molecule has 2 aromatic heterocycles. The van der Waals surface area contributed by atoms with Crippen LogP contribution in [0.1, 0.15) is 30.0 Å². The molecule has 0 aliphatic carbocycles. The van der Waals surface area contributed by atoms with Gasteiger partial charge < -0.3 is 9.73 Å². The van der Waals surface area contributed by atoms with Gasteiger partial charge in [0.05, 0.1) is 20.7 Å². The number of hydrogen-bond donors (Lipinski definition) is 1. The maximum atomic E-state index is 13.6. The fourth-order valence-electron chi connectivity index (χ4n) is 4.04. The monoisotopic (exact) mass is 500 g/mol. The summed E-state index contributed by atoms with van der Waals surface area (Å²) >= 11 is 1.18. The largest absolute Gasteiger partial charge is 0.464 e. The molecule has 5 rings (SSSR count). The summed E-state index contributed by atoms with van der Waals surface area (Å²) in [5.41, 5.74) is 1.66. The number of nitro benzene ring substituents is 1. The van der Waals surface area contributed by atoms with Gasteiger partial charge in [-0.1, -0.05) is 29.5 Å². The number of hydrogen-bond acceptors (Lipinski definition) is 7. The lowest BCUT2D eigenvalue weighted by molar-refractivity contribution is -0.384. The zero-order valence-electron chi connectivity index (χ0n) is 19.3. The van der Waals surface area contributed by atoms with E-state index in [2.05, 4.69) is 10.3 Å². The van der Waals surface area contributed by atoms with Gasteiger partial charge in [-0.3, -0.25) is 24.3 Å². The maximum Gasteiger partial charge on any atom is 0.271 e. The minimum atomic E-state index is -0.808. The van der Waals surface area contributed by atoms with E-state index in [4.69, 9.17) is 4.42 Å². The van der Waals surface area contributed by atoms with Crippen molar-refractivity contribution >= 4 is 34.7 Å². The molecule has 1 aliphatic heterocycles. The van der Waals surface area contributed by atoms with Gasteiger partial charge in [0.15, 0.2) is 4.80 Å². The van der Waals surface area contributed by atoms with Crippen LogP contribution in [0.3, 0.4) is 0 Å². The van der Waals surface area contributed by atoms with Gasteiger partial charge >= 0.3 is 0 Å². The second-order valence-electron chi connectivity index (χ2n) is 8.20. The van der Waals surface area contributed by atoms with Crippen molar-refractivity contribution in [3.63, 3.8) is 0 Å². The van der Waals surface area contributed by atoms with E-state index in [9.17, 15) is 19.7 Å². The standard InChI is InChI=1S/C26H20N4O5S/c1-15-8-13-20(35-15)23-22(24(31)28-18-6-4-3-5-7-18)16(2)27-26-29(23)25(32)21(36-26)14-17-9-11-19(12-10-17)30(33)34/h3-14,23H,1-2H3,(H,28,31)/b21-14-.